The molecule has 8 nitrogen and oxygen atoms in total. The van der Waals surface area contributed by atoms with Crippen molar-refractivity contribution in [3.05, 3.63) is 11.2 Å². The quantitative estimate of drug-likeness (QED) is 0.740. The van der Waals surface area contributed by atoms with Gasteiger partial charge in [-0.2, -0.15) is 4.98 Å². The van der Waals surface area contributed by atoms with Crippen molar-refractivity contribution < 1.29 is 19.0 Å². The third-order valence-corrected chi connectivity index (χ3v) is 4.23. The first-order valence-corrected chi connectivity index (χ1v) is 9.20. The zero-order valence-electron chi connectivity index (χ0n) is 15.4. The molecular formula is C17H25ClN4O4. The van der Waals surface area contributed by atoms with Gasteiger partial charge in [0.1, 0.15) is 16.9 Å². The standard InChI is InChI=1S/C17H25ClN4O4/c1-17(2,3)26-16(23)22-5-4-12(11-22)25-14-10-13(18)19-15(20-14)21-6-8-24-9-7-21/h10,12H,4-9,11H2,1-3H3/t12-/m1/s1. The second-order valence-electron chi connectivity index (χ2n) is 7.38. The van der Waals surface area contributed by atoms with Crippen LogP contribution >= 0.6 is 11.6 Å². The van der Waals surface area contributed by atoms with Crippen molar-refractivity contribution in [2.75, 3.05) is 44.3 Å². The van der Waals surface area contributed by atoms with Gasteiger partial charge < -0.3 is 24.0 Å². The molecule has 2 fully saturated rings. The zero-order chi connectivity index (χ0) is 18.7. The topological polar surface area (TPSA) is 77.0 Å². The number of hydrogen-bond donors (Lipinski definition) is 0. The maximum Gasteiger partial charge on any atom is 0.410 e. The van der Waals surface area contributed by atoms with E-state index in [1.165, 1.54) is 0 Å². The van der Waals surface area contributed by atoms with Crippen LogP contribution < -0.4 is 9.64 Å². The second-order valence-corrected chi connectivity index (χ2v) is 7.77. The predicted octanol–water partition coefficient (Wildman–Crippen LogP) is 2.35. The Morgan fingerprint density at radius 1 is 1.27 bits per heavy atom. The van der Waals surface area contributed by atoms with Gasteiger partial charge in [0.2, 0.25) is 11.8 Å². The average molecular weight is 385 g/mol. The summed E-state index contributed by atoms with van der Waals surface area (Å²) in [5.41, 5.74) is -0.511. The number of amides is 1. The van der Waals surface area contributed by atoms with Gasteiger partial charge in [0.15, 0.2) is 0 Å². The number of rotatable bonds is 3. The van der Waals surface area contributed by atoms with Crippen LogP contribution in [-0.2, 0) is 9.47 Å². The molecule has 1 aromatic heterocycles. The van der Waals surface area contributed by atoms with E-state index >= 15 is 0 Å². The molecule has 0 radical (unpaired) electrons. The summed E-state index contributed by atoms with van der Waals surface area (Å²) >= 11 is 6.13. The second kappa shape index (κ2) is 7.84. The van der Waals surface area contributed by atoms with Gasteiger partial charge in [-0.3, -0.25) is 0 Å². The SMILES string of the molecule is CC(C)(C)OC(=O)N1CC[C@@H](Oc2cc(Cl)nc(N3CCOCC3)n2)C1. The minimum absolute atomic E-state index is 0.147. The van der Waals surface area contributed by atoms with Crippen molar-refractivity contribution in [1.29, 1.82) is 0 Å². The van der Waals surface area contributed by atoms with E-state index in [4.69, 9.17) is 25.8 Å². The number of nitrogens with zero attached hydrogens (tertiary/aromatic N) is 4. The Morgan fingerprint density at radius 3 is 2.69 bits per heavy atom. The molecular weight excluding hydrogens is 360 g/mol. The van der Waals surface area contributed by atoms with Crippen LogP contribution in [-0.4, -0.2) is 72.1 Å². The number of likely N-dealkylation sites (tertiary alicyclic amines) is 1. The van der Waals surface area contributed by atoms with Crippen LogP contribution in [0.15, 0.2) is 6.07 Å². The first kappa shape index (κ1) is 19.0. The Balaban J connectivity index is 1.61. The number of hydrogen-bond acceptors (Lipinski definition) is 7. The summed E-state index contributed by atoms with van der Waals surface area (Å²) < 4.78 is 16.7. The largest absolute Gasteiger partial charge is 0.472 e. The van der Waals surface area contributed by atoms with Gasteiger partial charge in [-0.05, 0) is 20.8 Å². The Labute approximate surface area is 158 Å². The molecule has 1 amide bonds. The summed E-state index contributed by atoms with van der Waals surface area (Å²) in [5, 5.41) is 0.332. The fraction of sp³-hybridized carbons (Fsp3) is 0.706. The number of halogens is 1. The van der Waals surface area contributed by atoms with Crippen LogP contribution in [0.2, 0.25) is 5.15 Å². The lowest BCUT2D eigenvalue weighted by Crippen LogP contribution is -2.37. The van der Waals surface area contributed by atoms with Gasteiger partial charge in [0, 0.05) is 32.1 Å². The van der Waals surface area contributed by atoms with E-state index < -0.39 is 5.60 Å². The summed E-state index contributed by atoms with van der Waals surface area (Å²) in [4.78, 5) is 24.6. The fourth-order valence-corrected chi connectivity index (χ4v) is 3.01. The monoisotopic (exact) mass is 384 g/mol. The van der Waals surface area contributed by atoms with Gasteiger partial charge in [-0.1, -0.05) is 11.6 Å². The van der Waals surface area contributed by atoms with E-state index in [1.54, 1.807) is 11.0 Å². The molecule has 2 aliphatic heterocycles. The van der Waals surface area contributed by atoms with Crippen LogP contribution in [0.4, 0.5) is 10.7 Å². The fourth-order valence-electron chi connectivity index (χ4n) is 2.84. The molecule has 0 aromatic carbocycles. The van der Waals surface area contributed by atoms with Crippen LogP contribution in [0.5, 0.6) is 5.88 Å². The third-order valence-electron chi connectivity index (χ3n) is 4.04. The number of ether oxygens (including phenoxy) is 3. The van der Waals surface area contributed by atoms with Crippen molar-refractivity contribution in [3.63, 3.8) is 0 Å². The van der Waals surface area contributed by atoms with Crippen LogP contribution in [0.1, 0.15) is 27.2 Å². The first-order valence-electron chi connectivity index (χ1n) is 8.82. The summed E-state index contributed by atoms with van der Waals surface area (Å²) in [6.45, 7) is 9.32. The van der Waals surface area contributed by atoms with Crippen molar-refractivity contribution in [2.24, 2.45) is 0 Å². The number of carbonyl (C=O) groups is 1. The van der Waals surface area contributed by atoms with Crippen molar-refractivity contribution in [3.8, 4) is 5.88 Å². The minimum atomic E-state index is -0.511. The Hall–Kier alpha value is -1.80. The normalized spacial score (nSPS) is 21.0. The van der Waals surface area contributed by atoms with Gasteiger partial charge in [0.25, 0.3) is 0 Å². The van der Waals surface area contributed by atoms with Gasteiger partial charge in [0.05, 0.1) is 19.8 Å². The highest BCUT2D eigenvalue weighted by Gasteiger charge is 2.31. The summed E-state index contributed by atoms with van der Waals surface area (Å²) in [6.07, 6.45) is 0.248. The minimum Gasteiger partial charge on any atom is -0.472 e. The summed E-state index contributed by atoms with van der Waals surface area (Å²) in [7, 11) is 0. The zero-order valence-corrected chi connectivity index (χ0v) is 16.2. The van der Waals surface area contributed by atoms with Crippen molar-refractivity contribution in [1.82, 2.24) is 14.9 Å². The molecule has 0 aliphatic carbocycles. The Bertz CT molecular complexity index is 646. The van der Waals surface area contributed by atoms with E-state index in [-0.39, 0.29) is 12.2 Å². The highest BCUT2D eigenvalue weighted by atomic mass is 35.5. The molecule has 1 atom stereocenters. The molecule has 0 unspecified atom stereocenters. The summed E-state index contributed by atoms with van der Waals surface area (Å²) in [6, 6.07) is 1.60. The van der Waals surface area contributed by atoms with Crippen LogP contribution in [0.3, 0.4) is 0 Å². The van der Waals surface area contributed by atoms with Crippen molar-refractivity contribution in [2.45, 2.75) is 38.9 Å². The molecule has 0 bridgehead atoms. The third kappa shape index (κ3) is 5.11. The number of aromatic nitrogens is 2. The summed E-state index contributed by atoms with van der Waals surface area (Å²) in [5.74, 6) is 0.959. The molecule has 2 saturated heterocycles. The van der Waals surface area contributed by atoms with Crippen LogP contribution in [0, 0.1) is 0 Å². The lowest BCUT2D eigenvalue weighted by molar-refractivity contribution is 0.0275. The molecule has 26 heavy (non-hydrogen) atoms. The van der Waals surface area contributed by atoms with Gasteiger partial charge >= 0.3 is 6.09 Å². The molecule has 3 heterocycles. The number of anilines is 1. The average Bonchev–Trinajstić information content (AvgIpc) is 3.02. The van der Waals surface area contributed by atoms with E-state index in [1.807, 2.05) is 25.7 Å². The molecule has 9 heteroatoms. The molecule has 2 aliphatic rings. The molecule has 1 aromatic rings. The Kier molecular flexibility index (Phi) is 5.72. The number of morpholine rings is 1. The molecule has 144 valence electrons. The highest BCUT2D eigenvalue weighted by Crippen LogP contribution is 2.23. The predicted molar refractivity (Wildman–Crippen MR) is 96.9 cm³/mol. The van der Waals surface area contributed by atoms with Crippen LogP contribution in [0.25, 0.3) is 0 Å². The Morgan fingerprint density at radius 2 is 2.00 bits per heavy atom. The van der Waals surface area contributed by atoms with E-state index in [2.05, 4.69) is 9.97 Å². The first-order chi connectivity index (χ1) is 12.3. The lowest BCUT2D eigenvalue weighted by atomic mass is 10.2. The molecule has 3 rings (SSSR count). The van der Waals surface area contributed by atoms with Gasteiger partial charge in [-0.15, -0.1) is 0 Å². The van der Waals surface area contributed by atoms with Crippen molar-refractivity contribution >= 4 is 23.6 Å². The molecule has 0 N–H and O–H groups in total. The molecule has 0 saturated carbocycles. The smallest absolute Gasteiger partial charge is 0.410 e. The van der Waals surface area contributed by atoms with E-state index in [0.717, 1.165) is 13.1 Å². The number of carbonyl (C=O) groups excluding carboxylic acids is 1. The van der Waals surface area contributed by atoms with E-state index in [0.29, 0.717) is 49.7 Å². The molecule has 0 spiro atoms. The lowest BCUT2D eigenvalue weighted by Gasteiger charge is -2.27. The maximum absolute atomic E-state index is 12.2. The van der Waals surface area contributed by atoms with Gasteiger partial charge in [-0.25, -0.2) is 9.78 Å². The van der Waals surface area contributed by atoms with E-state index in [9.17, 15) is 4.79 Å². The highest BCUT2D eigenvalue weighted by molar-refractivity contribution is 6.29. The maximum atomic E-state index is 12.2.